The molecule has 1 fully saturated rings. The van der Waals surface area contributed by atoms with Gasteiger partial charge in [0.25, 0.3) is 0 Å². The SMILES string of the molecule is CC1(C)CCC([C@@H](O)CC(=O)O)CC1. The maximum atomic E-state index is 10.4. The highest BCUT2D eigenvalue weighted by molar-refractivity contribution is 5.67. The molecule has 0 heterocycles. The molecule has 3 heteroatoms. The first-order chi connectivity index (χ1) is 6.41. The Morgan fingerprint density at radius 3 is 2.36 bits per heavy atom. The van der Waals surface area contributed by atoms with E-state index in [1.807, 2.05) is 0 Å². The molecule has 1 saturated carbocycles. The largest absolute Gasteiger partial charge is 0.481 e. The van der Waals surface area contributed by atoms with Crippen LogP contribution in [0.2, 0.25) is 0 Å². The molecule has 0 amide bonds. The molecule has 1 rings (SSSR count). The van der Waals surface area contributed by atoms with Crippen molar-refractivity contribution in [3.8, 4) is 0 Å². The lowest BCUT2D eigenvalue weighted by molar-refractivity contribution is -0.140. The molecule has 0 aliphatic heterocycles. The van der Waals surface area contributed by atoms with Gasteiger partial charge >= 0.3 is 5.97 Å². The number of carboxylic acids is 1. The van der Waals surface area contributed by atoms with Gasteiger partial charge in [0.1, 0.15) is 0 Å². The molecular weight excluding hydrogens is 180 g/mol. The second-order valence-corrected chi connectivity index (χ2v) is 5.17. The van der Waals surface area contributed by atoms with Crippen LogP contribution in [-0.2, 0) is 4.79 Å². The fourth-order valence-electron chi connectivity index (χ4n) is 2.15. The van der Waals surface area contributed by atoms with Crippen molar-refractivity contribution >= 4 is 5.97 Å². The van der Waals surface area contributed by atoms with E-state index in [-0.39, 0.29) is 12.3 Å². The molecule has 1 aliphatic rings. The van der Waals surface area contributed by atoms with E-state index in [0.29, 0.717) is 5.41 Å². The predicted molar refractivity (Wildman–Crippen MR) is 54.0 cm³/mol. The monoisotopic (exact) mass is 200 g/mol. The van der Waals surface area contributed by atoms with Crippen molar-refractivity contribution in [1.82, 2.24) is 0 Å². The smallest absolute Gasteiger partial charge is 0.305 e. The fourth-order valence-corrected chi connectivity index (χ4v) is 2.15. The van der Waals surface area contributed by atoms with E-state index < -0.39 is 12.1 Å². The van der Waals surface area contributed by atoms with Crippen molar-refractivity contribution in [3.05, 3.63) is 0 Å². The van der Waals surface area contributed by atoms with Crippen LogP contribution in [0.25, 0.3) is 0 Å². The number of carbonyl (C=O) groups is 1. The van der Waals surface area contributed by atoms with Crippen LogP contribution in [0.5, 0.6) is 0 Å². The Balaban J connectivity index is 2.37. The van der Waals surface area contributed by atoms with Gasteiger partial charge in [-0.1, -0.05) is 13.8 Å². The van der Waals surface area contributed by atoms with Gasteiger partial charge in [-0.05, 0) is 37.0 Å². The molecule has 0 aromatic carbocycles. The molecule has 0 saturated heterocycles. The molecule has 0 unspecified atom stereocenters. The van der Waals surface area contributed by atoms with Gasteiger partial charge in [0.05, 0.1) is 12.5 Å². The number of carboxylic acid groups (broad SMARTS) is 1. The number of rotatable bonds is 3. The standard InChI is InChI=1S/C11H20O3/c1-11(2)5-3-8(4-6-11)9(12)7-10(13)14/h8-9,12H,3-7H2,1-2H3,(H,13,14)/t9-/m0/s1. The summed E-state index contributed by atoms with van der Waals surface area (Å²) >= 11 is 0. The first kappa shape index (κ1) is 11.5. The Kier molecular flexibility index (Phi) is 3.53. The van der Waals surface area contributed by atoms with Crippen molar-refractivity contribution in [2.45, 2.75) is 52.1 Å². The lowest BCUT2D eigenvalue weighted by atomic mass is 9.71. The summed E-state index contributed by atoms with van der Waals surface area (Å²) in [5.41, 5.74) is 0.374. The predicted octanol–water partition coefficient (Wildman–Crippen LogP) is 2.04. The van der Waals surface area contributed by atoms with Crippen LogP contribution in [0.1, 0.15) is 46.0 Å². The Bertz CT molecular complexity index is 201. The van der Waals surface area contributed by atoms with E-state index in [4.69, 9.17) is 5.11 Å². The quantitative estimate of drug-likeness (QED) is 0.733. The lowest BCUT2D eigenvalue weighted by Crippen LogP contribution is -2.30. The van der Waals surface area contributed by atoms with Crippen molar-refractivity contribution in [3.63, 3.8) is 0 Å². The van der Waals surface area contributed by atoms with Gasteiger partial charge in [0.15, 0.2) is 0 Å². The first-order valence-corrected chi connectivity index (χ1v) is 5.30. The second kappa shape index (κ2) is 4.30. The third-order valence-electron chi connectivity index (χ3n) is 3.31. The summed E-state index contributed by atoms with van der Waals surface area (Å²) < 4.78 is 0. The molecular formula is C11H20O3. The van der Waals surface area contributed by atoms with E-state index in [1.165, 1.54) is 0 Å². The Labute approximate surface area is 85.1 Å². The summed E-state index contributed by atoms with van der Waals surface area (Å²) in [7, 11) is 0. The van der Waals surface area contributed by atoms with Crippen molar-refractivity contribution in [1.29, 1.82) is 0 Å². The summed E-state index contributed by atoms with van der Waals surface area (Å²) in [5.74, 6) is -0.707. The highest BCUT2D eigenvalue weighted by Gasteiger charge is 2.31. The van der Waals surface area contributed by atoms with Gasteiger partial charge in [-0.2, -0.15) is 0 Å². The van der Waals surface area contributed by atoms with Crippen LogP contribution in [0.4, 0.5) is 0 Å². The van der Waals surface area contributed by atoms with Crippen LogP contribution in [0.15, 0.2) is 0 Å². The van der Waals surface area contributed by atoms with Gasteiger partial charge in [0.2, 0.25) is 0 Å². The third kappa shape index (κ3) is 3.29. The van der Waals surface area contributed by atoms with Crippen LogP contribution in [-0.4, -0.2) is 22.3 Å². The number of hydrogen-bond donors (Lipinski definition) is 2. The van der Waals surface area contributed by atoms with Crippen LogP contribution in [0.3, 0.4) is 0 Å². The second-order valence-electron chi connectivity index (χ2n) is 5.17. The van der Waals surface area contributed by atoms with E-state index in [9.17, 15) is 9.90 Å². The average molecular weight is 200 g/mol. The molecule has 82 valence electrons. The summed E-state index contributed by atoms with van der Waals surface area (Å²) in [6, 6.07) is 0. The van der Waals surface area contributed by atoms with Gasteiger partial charge in [-0.3, -0.25) is 4.79 Å². The highest BCUT2D eigenvalue weighted by Crippen LogP contribution is 2.39. The van der Waals surface area contributed by atoms with Crippen molar-refractivity contribution in [2.24, 2.45) is 11.3 Å². The minimum atomic E-state index is -0.901. The molecule has 0 aromatic rings. The number of aliphatic hydroxyl groups is 1. The maximum Gasteiger partial charge on any atom is 0.305 e. The van der Waals surface area contributed by atoms with Gasteiger partial charge in [-0.25, -0.2) is 0 Å². The molecule has 14 heavy (non-hydrogen) atoms. The molecule has 1 atom stereocenters. The lowest BCUT2D eigenvalue weighted by Gasteiger charge is -2.36. The number of aliphatic carboxylic acids is 1. The van der Waals surface area contributed by atoms with Gasteiger partial charge in [-0.15, -0.1) is 0 Å². The highest BCUT2D eigenvalue weighted by atomic mass is 16.4. The molecule has 0 aromatic heterocycles. The summed E-state index contributed by atoms with van der Waals surface area (Å²) in [6.45, 7) is 4.46. The normalized spacial score (nSPS) is 24.5. The zero-order valence-corrected chi connectivity index (χ0v) is 8.99. The minimum Gasteiger partial charge on any atom is -0.481 e. The van der Waals surface area contributed by atoms with Crippen molar-refractivity contribution in [2.75, 3.05) is 0 Å². The Morgan fingerprint density at radius 2 is 1.93 bits per heavy atom. The van der Waals surface area contributed by atoms with Crippen LogP contribution < -0.4 is 0 Å². The average Bonchev–Trinajstić information content (AvgIpc) is 2.02. The molecule has 0 spiro atoms. The molecule has 2 N–H and O–H groups in total. The minimum absolute atomic E-state index is 0.106. The molecule has 1 aliphatic carbocycles. The third-order valence-corrected chi connectivity index (χ3v) is 3.31. The Hall–Kier alpha value is -0.570. The zero-order valence-electron chi connectivity index (χ0n) is 8.99. The fraction of sp³-hybridized carbons (Fsp3) is 0.909. The summed E-state index contributed by atoms with van der Waals surface area (Å²) in [4.78, 5) is 10.4. The van der Waals surface area contributed by atoms with Crippen LogP contribution in [0, 0.1) is 11.3 Å². The maximum absolute atomic E-state index is 10.4. The summed E-state index contributed by atoms with van der Waals surface area (Å²) in [6.07, 6.45) is 3.35. The molecule has 3 nitrogen and oxygen atoms in total. The van der Waals surface area contributed by atoms with E-state index >= 15 is 0 Å². The van der Waals surface area contributed by atoms with E-state index in [2.05, 4.69) is 13.8 Å². The number of aliphatic hydroxyl groups excluding tert-OH is 1. The first-order valence-electron chi connectivity index (χ1n) is 5.30. The summed E-state index contributed by atoms with van der Waals surface area (Å²) in [5, 5.41) is 18.2. The Morgan fingerprint density at radius 1 is 1.43 bits per heavy atom. The molecule has 0 bridgehead atoms. The van der Waals surface area contributed by atoms with Crippen molar-refractivity contribution < 1.29 is 15.0 Å². The van der Waals surface area contributed by atoms with E-state index in [1.54, 1.807) is 0 Å². The van der Waals surface area contributed by atoms with Crippen LogP contribution >= 0.6 is 0 Å². The van der Waals surface area contributed by atoms with E-state index in [0.717, 1.165) is 25.7 Å². The van der Waals surface area contributed by atoms with Gasteiger partial charge in [0, 0.05) is 0 Å². The molecule has 0 radical (unpaired) electrons. The topological polar surface area (TPSA) is 57.5 Å². The number of hydrogen-bond acceptors (Lipinski definition) is 2. The zero-order chi connectivity index (χ0) is 10.8. The van der Waals surface area contributed by atoms with Gasteiger partial charge < -0.3 is 10.2 Å².